The molecule has 2 aromatic rings. The van der Waals surface area contributed by atoms with Crippen LogP contribution >= 0.6 is 23.4 Å². The first-order chi connectivity index (χ1) is 13.1. The summed E-state index contributed by atoms with van der Waals surface area (Å²) in [7, 11) is 0. The summed E-state index contributed by atoms with van der Waals surface area (Å²) in [6.45, 7) is 2.50. The minimum Gasteiger partial charge on any atom is -0.355 e. The minimum atomic E-state index is -0.323. The third kappa shape index (κ3) is 5.05. The van der Waals surface area contributed by atoms with Crippen LogP contribution in [0.3, 0.4) is 0 Å². The fourth-order valence-electron chi connectivity index (χ4n) is 3.02. The van der Waals surface area contributed by atoms with E-state index in [0.29, 0.717) is 28.1 Å². The highest BCUT2D eigenvalue weighted by molar-refractivity contribution is 8.00. The quantitative estimate of drug-likeness (QED) is 0.415. The number of hydrogen-bond donors (Lipinski definition) is 2. The number of amides is 1. The number of benzene rings is 1. The summed E-state index contributed by atoms with van der Waals surface area (Å²) in [6, 6.07) is 7.31. The van der Waals surface area contributed by atoms with Gasteiger partial charge in [-0.3, -0.25) is 4.79 Å². The third-order valence-electron chi connectivity index (χ3n) is 4.56. The van der Waals surface area contributed by atoms with Gasteiger partial charge in [0, 0.05) is 12.1 Å². The molecule has 1 aromatic carbocycles. The molecule has 6 nitrogen and oxygen atoms in total. The molecule has 8 heteroatoms. The molecule has 3 rings (SSSR count). The summed E-state index contributed by atoms with van der Waals surface area (Å²) in [4.78, 5) is 12.4. The summed E-state index contributed by atoms with van der Waals surface area (Å²) >= 11 is 7.49. The van der Waals surface area contributed by atoms with Crippen LogP contribution in [0.1, 0.15) is 39.0 Å². The molecule has 0 saturated carbocycles. The van der Waals surface area contributed by atoms with Crippen LogP contribution in [0.4, 0.5) is 0 Å². The second kappa shape index (κ2) is 9.28. The lowest BCUT2D eigenvalue weighted by molar-refractivity contribution is -0.120. The van der Waals surface area contributed by atoms with Crippen molar-refractivity contribution in [1.29, 1.82) is 0 Å². The molecule has 0 saturated heterocycles. The molecule has 0 spiro atoms. The van der Waals surface area contributed by atoms with E-state index in [1.807, 2.05) is 25.1 Å². The topological polar surface area (TPSA) is 85.8 Å². The van der Waals surface area contributed by atoms with Crippen molar-refractivity contribution in [2.45, 2.75) is 49.4 Å². The number of thioether (sulfide) groups is 1. The fraction of sp³-hybridized carbons (Fsp3) is 0.421. The average Bonchev–Trinajstić information content (AvgIpc) is 3.03. The molecule has 144 valence electrons. The molecule has 1 aliphatic carbocycles. The number of carbonyl (C=O) groups excluding carboxylic acids is 1. The largest absolute Gasteiger partial charge is 0.355 e. The van der Waals surface area contributed by atoms with Crippen LogP contribution in [0.15, 0.2) is 41.1 Å². The van der Waals surface area contributed by atoms with Gasteiger partial charge in [-0.2, -0.15) is 0 Å². The first-order valence-electron chi connectivity index (χ1n) is 9.14. The Labute approximate surface area is 168 Å². The van der Waals surface area contributed by atoms with Crippen LogP contribution in [-0.2, 0) is 4.79 Å². The second-order valence-corrected chi connectivity index (χ2v) is 8.28. The molecule has 0 unspecified atom stereocenters. The number of carbonyl (C=O) groups is 1. The highest BCUT2D eigenvalue weighted by atomic mass is 35.5. The Morgan fingerprint density at radius 3 is 2.93 bits per heavy atom. The van der Waals surface area contributed by atoms with Crippen molar-refractivity contribution >= 4 is 29.3 Å². The predicted octanol–water partition coefficient (Wildman–Crippen LogP) is 3.80. The molecule has 1 aromatic heterocycles. The standard InChI is InChI=1S/C19H24ClN5OS/c1-13(18(26)22-12-11-14-7-3-2-4-8-14)27-19-24-23-17(25(19)21)15-9-5-6-10-16(15)20/h5-7,9-10,13H,2-4,8,11-12,21H2,1H3,(H,22,26)/t13-/m0/s1. The SMILES string of the molecule is C[C@H](Sc1nnc(-c2ccccc2Cl)n1N)C(=O)NCCC1=CCCCC1. The normalized spacial score (nSPS) is 15.3. The van der Waals surface area contributed by atoms with E-state index in [1.165, 1.54) is 34.9 Å². The lowest BCUT2D eigenvalue weighted by atomic mass is 9.97. The Hall–Kier alpha value is -1.99. The van der Waals surface area contributed by atoms with Crippen molar-refractivity contribution < 1.29 is 4.79 Å². The molecule has 1 heterocycles. The number of halogens is 1. The molecule has 1 atom stereocenters. The van der Waals surface area contributed by atoms with E-state index in [1.54, 1.807) is 6.07 Å². The highest BCUT2D eigenvalue weighted by Gasteiger charge is 2.20. The molecule has 3 N–H and O–H groups in total. The van der Waals surface area contributed by atoms with Gasteiger partial charge in [0.1, 0.15) is 0 Å². The van der Waals surface area contributed by atoms with Crippen LogP contribution in [0, 0.1) is 0 Å². The summed E-state index contributed by atoms with van der Waals surface area (Å²) < 4.78 is 1.38. The highest BCUT2D eigenvalue weighted by Crippen LogP contribution is 2.29. The Balaban J connectivity index is 1.56. The number of rotatable bonds is 7. The number of nitrogens with one attached hydrogen (secondary N) is 1. The number of aromatic nitrogens is 3. The number of allylic oxidation sites excluding steroid dienone is 1. The number of hydrogen-bond acceptors (Lipinski definition) is 5. The van der Waals surface area contributed by atoms with E-state index in [2.05, 4.69) is 21.6 Å². The number of nitrogens with zero attached hydrogens (tertiary/aromatic N) is 3. The van der Waals surface area contributed by atoms with Crippen molar-refractivity contribution in [1.82, 2.24) is 20.2 Å². The van der Waals surface area contributed by atoms with Gasteiger partial charge < -0.3 is 11.2 Å². The van der Waals surface area contributed by atoms with Crippen molar-refractivity contribution in [2.75, 3.05) is 12.4 Å². The molecular weight excluding hydrogens is 382 g/mol. The fourth-order valence-corrected chi connectivity index (χ4v) is 4.03. The third-order valence-corrected chi connectivity index (χ3v) is 5.95. The summed E-state index contributed by atoms with van der Waals surface area (Å²) in [5, 5.41) is 11.9. The van der Waals surface area contributed by atoms with E-state index in [-0.39, 0.29) is 11.2 Å². The van der Waals surface area contributed by atoms with Crippen LogP contribution < -0.4 is 11.2 Å². The summed E-state index contributed by atoms with van der Waals surface area (Å²) in [5.74, 6) is 6.57. The monoisotopic (exact) mass is 405 g/mol. The van der Waals surface area contributed by atoms with Crippen molar-refractivity contribution in [3.05, 3.63) is 40.9 Å². The van der Waals surface area contributed by atoms with E-state index >= 15 is 0 Å². The van der Waals surface area contributed by atoms with Gasteiger partial charge in [-0.15, -0.1) is 10.2 Å². The maximum atomic E-state index is 12.4. The first kappa shape index (κ1) is 19.8. The van der Waals surface area contributed by atoms with Gasteiger partial charge in [-0.25, -0.2) is 4.68 Å². The number of nitrogen functional groups attached to an aromatic ring is 1. The van der Waals surface area contributed by atoms with Crippen LogP contribution in [0.5, 0.6) is 0 Å². The molecule has 0 radical (unpaired) electrons. The van der Waals surface area contributed by atoms with Gasteiger partial charge in [0.25, 0.3) is 0 Å². The average molecular weight is 406 g/mol. The number of nitrogens with two attached hydrogens (primary N) is 1. The molecule has 1 amide bonds. The Morgan fingerprint density at radius 2 is 2.19 bits per heavy atom. The maximum Gasteiger partial charge on any atom is 0.233 e. The Kier molecular flexibility index (Phi) is 6.79. The van der Waals surface area contributed by atoms with Gasteiger partial charge >= 0.3 is 0 Å². The zero-order chi connectivity index (χ0) is 19.2. The lowest BCUT2D eigenvalue weighted by Gasteiger charge is -2.14. The van der Waals surface area contributed by atoms with Gasteiger partial charge in [0.2, 0.25) is 11.1 Å². The van der Waals surface area contributed by atoms with Crippen LogP contribution in [0.25, 0.3) is 11.4 Å². The Bertz CT molecular complexity index is 835. The molecule has 0 bridgehead atoms. The van der Waals surface area contributed by atoms with Gasteiger partial charge in [0.15, 0.2) is 5.82 Å². The smallest absolute Gasteiger partial charge is 0.233 e. The first-order valence-corrected chi connectivity index (χ1v) is 10.4. The molecule has 1 aliphatic rings. The second-order valence-electron chi connectivity index (χ2n) is 6.57. The molecule has 27 heavy (non-hydrogen) atoms. The Morgan fingerprint density at radius 1 is 1.37 bits per heavy atom. The maximum absolute atomic E-state index is 12.4. The zero-order valence-electron chi connectivity index (χ0n) is 15.3. The van der Waals surface area contributed by atoms with Crippen molar-refractivity contribution in [2.24, 2.45) is 0 Å². The van der Waals surface area contributed by atoms with Gasteiger partial charge in [-0.1, -0.05) is 47.1 Å². The van der Waals surface area contributed by atoms with E-state index in [9.17, 15) is 4.79 Å². The molecule has 0 fully saturated rings. The van der Waals surface area contributed by atoms with Crippen molar-refractivity contribution in [3.8, 4) is 11.4 Å². The summed E-state index contributed by atoms with van der Waals surface area (Å²) in [5.41, 5.74) is 2.16. The van der Waals surface area contributed by atoms with Crippen LogP contribution in [0.2, 0.25) is 5.02 Å². The van der Waals surface area contributed by atoms with Crippen molar-refractivity contribution in [3.63, 3.8) is 0 Å². The molecular formula is C19H24ClN5OS. The van der Waals surface area contributed by atoms with E-state index in [0.717, 1.165) is 19.3 Å². The minimum absolute atomic E-state index is 0.0290. The summed E-state index contributed by atoms with van der Waals surface area (Å²) in [6.07, 6.45) is 8.08. The van der Waals surface area contributed by atoms with E-state index in [4.69, 9.17) is 17.4 Å². The lowest BCUT2D eigenvalue weighted by Crippen LogP contribution is -2.32. The van der Waals surface area contributed by atoms with Crippen LogP contribution in [-0.4, -0.2) is 32.6 Å². The van der Waals surface area contributed by atoms with Gasteiger partial charge in [-0.05, 0) is 51.2 Å². The van der Waals surface area contributed by atoms with E-state index < -0.39 is 0 Å². The zero-order valence-corrected chi connectivity index (χ0v) is 16.9. The predicted molar refractivity (Wildman–Crippen MR) is 110 cm³/mol. The molecule has 0 aliphatic heterocycles. The van der Waals surface area contributed by atoms with Gasteiger partial charge in [0.05, 0.1) is 10.3 Å².